The number of aryl methyl sites for hydroxylation is 1. The van der Waals surface area contributed by atoms with Gasteiger partial charge in [0.05, 0.1) is 6.29 Å². The molecule has 2 aliphatic rings. The predicted octanol–water partition coefficient (Wildman–Crippen LogP) is 5.72. The fourth-order valence-electron chi connectivity index (χ4n) is 5.82. The molecule has 2 saturated heterocycles. The average Bonchev–Trinajstić information content (AvgIpc) is 2.99. The number of likely N-dealkylation sites (tertiary alicyclic amines) is 2. The molecular formula is C34H39ClFN4O2U-. The van der Waals surface area contributed by atoms with Crippen LogP contribution in [0, 0.1) is 62.6 Å². The zero-order valence-corrected chi connectivity index (χ0v) is 29.9. The SMILES string of the molecule is C#C.Cc1ccc([C-]=O)cc1N(CCN1CCC(c2cccc(OCc3ccc(Cl)cc3F)n2)CC1)CC1CN(C)C1.[U]. The largest absolute Gasteiger partial charge is 0.473 e. The van der Waals surface area contributed by atoms with Crippen LogP contribution < -0.4 is 9.64 Å². The molecule has 0 bridgehead atoms. The Labute approximate surface area is 284 Å². The van der Waals surface area contributed by atoms with Crippen LogP contribution in [0.5, 0.6) is 5.88 Å². The van der Waals surface area contributed by atoms with Gasteiger partial charge in [-0.3, -0.25) is 0 Å². The minimum Gasteiger partial charge on any atom is -0.473 e. The Morgan fingerprint density at radius 1 is 1.12 bits per heavy atom. The summed E-state index contributed by atoms with van der Waals surface area (Å²) in [6, 6.07) is 16.3. The number of piperidine rings is 1. The van der Waals surface area contributed by atoms with Crippen LogP contribution in [0.1, 0.15) is 41.1 Å². The Morgan fingerprint density at radius 3 is 2.53 bits per heavy atom. The van der Waals surface area contributed by atoms with E-state index in [2.05, 4.69) is 53.9 Å². The maximum absolute atomic E-state index is 14.1. The van der Waals surface area contributed by atoms with Crippen molar-refractivity contribution in [1.82, 2.24) is 14.8 Å². The number of benzene rings is 2. The van der Waals surface area contributed by atoms with Crippen molar-refractivity contribution in [1.29, 1.82) is 0 Å². The standard InChI is InChI=1S/C32H37ClFN4O2.C2H2.U/c1-23-6-7-24(21-39)16-31(23)38(20-25-18-36(2)19-25)15-14-37-12-10-26(11-13-37)30-4-3-5-32(35-30)40-22-27-8-9-28(33)17-29(27)34;1-2;/h3-9,16-17,25-26H,10-15,18-20,22H2,1-2H3;1-2H;/q-1;;. The molecule has 0 unspecified atom stereocenters. The van der Waals surface area contributed by atoms with Gasteiger partial charge in [0, 0.05) is 98.0 Å². The number of terminal acetylenes is 1. The van der Waals surface area contributed by atoms with Gasteiger partial charge in [-0.25, -0.2) is 9.37 Å². The first-order chi connectivity index (χ1) is 20.4. The first kappa shape index (κ1) is 35.1. The number of anilines is 1. The molecule has 43 heavy (non-hydrogen) atoms. The monoisotopic (exact) mass is 827 g/mol. The van der Waals surface area contributed by atoms with Gasteiger partial charge in [0.2, 0.25) is 5.88 Å². The second-order valence-corrected chi connectivity index (χ2v) is 11.6. The number of hydrogen-bond acceptors (Lipinski definition) is 6. The molecule has 0 aliphatic carbocycles. The molecule has 2 fully saturated rings. The molecule has 9 heteroatoms. The van der Waals surface area contributed by atoms with Gasteiger partial charge in [0.25, 0.3) is 0 Å². The van der Waals surface area contributed by atoms with Gasteiger partial charge >= 0.3 is 0 Å². The van der Waals surface area contributed by atoms with E-state index in [-0.39, 0.29) is 43.5 Å². The van der Waals surface area contributed by atoms with Crippen LogP contribution in [0.15, 0.2) is 54.6 Å². The van der Waals surface area contributed by atoms with Crippen molar-refractivity contribution in [3.63, 3.8) is 0 Å². The first-order valence-corrected chi connectivity index (χ1v) is 14.8. The molecule has 3 aromatic rings. The average molecular weight is 828 g/mol. The maximum Gasteiger partial charge on any atom is 0.213 e. The summed E-state index contributed by atoms with van der Waals surface area (Å²) in [7, 11) is 2.16. The van der Waals surface area contributed by atoms with Gasteiger partial charge in [-0.1, -0.05) is 29.3 Å². The zero-order valence-electron chi connectivity index (χ0n) is 24.9. The third kappa shape index (κ3) is 9.80. The molecular weight excluding hydrogens is 789 g/mol. The number of aromatic nitrogens is 1. The molecule has 0 radical (unpaired) electrons. The molecule has 0 atom stereocenters. The number of ether oxygens (including phenoxy) is 1. The van der Waals surface area contributed by atoms with Crippen molar-refractivity contribution in [3.8, 4) is 18.7 Å². The van der Waals surface area contributed by atoms with Gasteiger partial charge in [-0.05, 0) is 63.8 Å². The molecule has 226 valence electrons. The quantitative estimate of drug-likeness (QED) is 0.183. The van der Waals surface area contributed by atoms with E-state index in [4.69, 9.17) is 21.3 Å². The predicted molar refractivity (Wildman–Crippen MR) is 167 cm³/mol. The van der Waals surface area contributed by atoms with Crippen LogP contribution in [-0.4, -0.2) is 73.9 Å². The fraction of sp³-hybridized carbons (Fsp3) is 0.412. The Bertz CT molecular complexity index is 1360. The molecule has 5 rings (SSSR count). The van der Waals surface area contributed by atoms with Gasteiger partial charge in [-0.2, -0.15) is 6.07 Å². The number of carbonyl (C=O) groups excluding carboxylic acids is 1. The van der Waals surface area contributed by atoms with Crippen LogP contribution >= 0.6 is 11.6 Å². The zero-order chi connectivity index (χ0) is 30.1. The normalized spacial score (nSPS) is 15.9. The number of hydrogen-bond donors (Lipinski definition) is 0. The van der Waals surface area contributed by atoms with E-state index in [1.54, 1.807) is 12.1 Å². The van der Waals surface area contributed by atoms with Gasteiger partial charge in [0.1, 0.15) is 12.4 Å². The number of rotatable bonds is 11. The minimum atomic E-state index is -0.375. The third-order valence-electron chi connectivity index (χ3n) is 8.11. The van der Waals surface area contributed by atoms with Crippen molar-refractivity contribution in [3.05, 3.63) is 87.8 Å². The van der Waals surface area contributed by atoms with Crippen LogP contribution in [0.4, 0.5) is 10.1 Å². The number of nitrogens with zero attached hydrogens (tertiary/aromatic N) is 4. The van der Waals surface area contributed by atoms with E-state index >= 15 is 0 Å². The van der Waals surface area contributed by atoms with E-state index in [1.807, 2.05) is 30.3 Å². The van der Waals surface area contributed by atoms with Crippen molar-refractivity contribution in [2.45, 2.75) is 32.3 Å². The Kier molecular flexibility index (Phi) is 14.0. The first-order valence-electron chi connectivity index (χ1n) is 14.4. The molecule has 0 spiro atoms. The molecule has 0 N–H and O–H groups in total. The van der Waals surface area contributed by atoms with Gasteiger partial charge in [0.15, 0.2) is 0 Å². The summed E-state index contributed by atoms with van der Waals surface area (Å²) in [6.07, 6.45) is 12.1. The van der Waals surface area contributed by atoms with Crippen LogP contribution in [0.2, 0.25) is 5.02 Å². The molecule has 1 aromatic heterocycles. The summed E-state index contributed by atoms with van der Waals surface area (Å²) in [6.45, 7) is 9.38. The van der Waals surface area contributed by atoms with Crippen molar-refractivity contribution in [2.75, 3.05) is 57.8 Å². The van der Waals surface area contributed by atoms with E-state index in [9.17, 15) is 9.18 Å². The molecule has 0 saturated carbocycles. The van der Waals surface area contributed by atoms with Crippen molar-refractivity contribution in [2.24, 2.45) is 5.92 Å². The fourth-order valence-corrected chi connectivity index (χ4v) is 5.98. The summed E-state index contributed by atoms with van der Waals surface area (Å²) in [5.41, 5.74) is 4.42. The second-order valence-electron chi connectivity index (χ2n) is 11.2. The molecule has 6 nitrogen and oxygen atoms in total. The Balaban J connectivity index is 0.00000165. The van der Waals surface area contributed by atoms with Gasteiger partial charge in [-0.15, -0.1) is 30.5 Å². The second kappa shape index (κ2) is 17.2. The number of pyridine rings is 1. The summed E-state index contributed by atoms with van der Waals surface area (Å²) in [5, 5.41) is 0.368. The summed E-state index contributed by atoms with van der Waals surface area (Å²) in [5.74, 6) is 1.16. The Hall–Kier alpha value is -2.39. The molecule has 2 aromatic carbocycles. The van der Waals surface area contributed by atoms with Crippen LogP contribution in [0.3, 0.4) is 0 Å². The summed E-state index contributed by atoms with van der Waals surface area (Å²) >= 11 is 5.85. The van der Waals surface area contributed by atoms with E-state index in [1.165, 1.54) is 11.6 Å². The summed E-state index contributed by atoms with van der Waals surface area (Å²) in [4.78, 5) is 23.4. The van der Waals surface area contributed by atoms with Crippen LogP contribution in [-0.2, 0) is 11.4 Å². The Morgan fingerprint density at radius 2 is 1.86 bits per heavy atom. The van der Waals surface area contributed by atoms with E-state index < -0.39 is 0 Å². The molecule has 0 amide bonds. The third-order valence-corrected chi connectivity index (χ3v) is 8.35. The number of halogens is 2. The van der Waals surface area contributed by atoms with E-state index in [0.717, 1.165) is 70.0 Å². The smallest absolute Gasteiger partial charge is 0.213 e. The maximum atomic E-state index is 14.1. The van der Waals surface area contributed by atoms with Crippen molar-refractivity contribution >= 4 is 23.6 Å². The minimum absolute atomic E-state index is 0. The summed E-state index contributed by atoms with van der Waals surface area (Å²) < 4.78 is 19.9. The van der Waals surface area contributed by atoms with Gasteiger partial charge < -0.3 is 24.2 Å². The topological polar surface area (TPSA) is 48.9 Å². The molecule has 3 heterocycles. The van der Waals surface area contributed by atoms with Crippen LogP contribution in [0.25, 0.3) is 0 Å². The van der Waals surface area contributed by atoms with Crippen molar-refractivity contribution < 1.29 is 45.0 Å². The molecule has 2 aliphatic heterocycles. The van der Waals surface area contributed by atoms with E-state index in [0.29, 0.717) is 33.9 Å².